The molecule has 1 fully saturated rings. The lowest BCUT2D eigenvalue weighted by atomic mass is 10.1. The Hall–Kier alpha value is -2.73. The molecule has 2 aromatic rings. The zero-order chi connectivity index (χ0) is 19.7. The highest BCUT2D eigenvalue weighted by Gasteiger charge is 2.32. The maximum Gasteiger partial charge on any atom is 0.272 e. The molecule has 6 heteroatoms. The minimum atomic E-state index is -0.0970. The standard InChI is InChI=1S/C22H26N4O2/c1-3-24-10-12-25(13-11-24)22(28)19-15-18(8-9-23-19)21(27)26-16(2)14-17-6-4-5-7-20(17)26/h4-9,15-16H,3,10-14H2,1-2H3. The van der Waals surface area contributed by atoms with Crippen molar-refractivity contribution < 1.29 is 9.59 Å². The van der Waals surface area contributed by atoms with Gasteiger partial charge in [-0.2, -0.15) is 0 Å². The minimum absolute atomic E-state index is 0.0790. The lowest BCUT2D eigenvalue weighted by molar-refractivity contribution is 0.0637. The number of hydrogen-bond donors (Lipinski definition) is 0. The van der Waals surface area contributed by atoms with Crippen LogP contribution >= 0.6 is 0 Å². The van der Waals surface area contributed by atoms with Crippen LogP contribution in [-0.2, 0) is 6.42 Å². The van der Waals surface area contributed by atoms with Crippen LogP contribution in [0.1, 0.15) is 40.3 Å². The van der Waals surface area contributed by atoms with E-state index in [2.05, 4.69) is 29.8 Å². The highest BCUT2D eigenvalue weighted by Crippen LogP contribution is 2.33. The van der Waals surface area contributed by atoms with Crippen molar-refractivity contribution in [3.8, 4) is 0 Å². The van der Waals surface area contributed by atoms with Gasteiger partial charge in [0, 0.05) is 49.7 Å². The molecule has 1 saturated heterocycles. The summed E-state index contributed by atoms with van der Waals surface area (Å²) in [6, 6.07) is 11.4. The molecule has 2 amide bonds. The van der Waals surface area contributed by atoms with E-state index in [1.165, 1.54) is 5.56 Å². The van der Waals surface area contributed by atoms with Gasteiger partial charge in [-0.05, 0) is 43.7 Å². The zero-order valence-corrected chi connectivity index (χ0v) is 16.5. The van der Waals surface area contributed by atoms with E-state index >= 15 is 0 Å². The van der Waals surface area contributed by atoms with Crippen molar-refractivity contribution in [3.63, 3.8) is 0 Å². The first-order valence-corrected chi connectivity index (χ1v) is 9.97. The van der Waals surface area contributed by atoms with E-state index < -0.39 is 0 Å². The number of carbonyl (C=O) groups excluding carboxylic acids is 2. The highest BCUT2D eigenvalue weighted by atomic mass is 16.2. The number of likely N-dealkylation sites (N-methyl/N-ethyl adjacent to an activating group) is 1. The zero-order valence-electron chi connectivity index (χ0n) is 16.5. The lowest BCUT2D eigenvalue weighted by Gasteiger charge is -2.33. The molecule has 0 N–H and O–H groups in total. The van der Waals surface area contributed by atoms with Crippen LogP contribution in [0, 0.1) is 0 Å². The first-order valence-electron chi connectivity index (χ1n) is 9.97. The van der Waals surface area contributed by atoms with Crippen LogP contribution in [-0.4, -0.2) is 65.4 Å². The monoisotopic (exact) mass is 378 g/mol. The largest absolute Gasteiger partial charge is 0.335 e. The van der Waals surface area contributed by atoms with Gasteiger partial charge in [-0.25, -0.2) is 0 Å². The Bertz CT molecular complexity index is 890. The number of benzene rings is 1. The summed E-state index contributed by atoms with van der Waals surface area (Å²) < 4.78 is 0. The van der Waals surface area contributed by atoms with Gasteiger partial charge in [-0.3, -0.25) is 14.6 Å². The summed E-state index contributed by atoms with van der Waals surface area (Å²) in [6.07, 6.45) is 2.41. The Morgan fingerprint density at radius 2 is 1.82 bits per heavy atom. The van der Waals surface area contributed by atoms with Crippen LogP contribution in [0.25, 0.3) is 0 Å². The molecule has 0 saturated carbocycles. The number of carbonyl (C=O) groups is 2. The molecule has 28 heavy (non-hydrogen) atoms. The van der Waals surface area contributed by atoms with Gasteiger partial charge in [-0.1, -0.05) is 25.1 Å². The molecule has 2 aliphatic heterocycles. The molecule has 0 aliphatic carbocycles. The first kappa shape index (κ1) is 18.6. The van der Waals surface area contributed by atoms with E-state index in [9.17, 15) is 9.59 Å². The van der Waals surface area contributed by atoms with Crippen LogP contribution in [0.5, 0.6) is 0 Å². The average molecular weight is 378 g/mol. The number of aromatic nitrogens is 1. The quantitative estimate of drug-likeness (QED) is 0.823. The number of fused-ring (bicyclic) bond motifs is 1. The number of rotatable bonds is 3. The molecule has 3 heterocycles. The summed E-state index contributed by atoms with van der Waals surface area (Å²) >= 11 is 0. The number of anilines is 1. The number of pyridine rings is 1. The number of nitrogens with zero attached hydrogens (tertiary/aromatic N) is 4. The van der Waals surface area contributed by atoms with Gasteiger partial charge in [-0.15, -0.1) is 0 Å². The SMILES string of the molecule is CCN1CCN(C(=O)c2cc(C(=O)N3c4ccccc4CC3C)ccn2)CC1. The molecule has 0 spiro atoms. The fraction of sp³-hybridized carbons (Fsp3) is 0.409. The summed E-state index contributed by atoms with van der Waals surface area (Å²) in [7, 11) is 0. The Labute approximate surface area is 165 Å². The van der Waals surface area contributed by atoms with Gasteiger partial charge in [0.05, 0.1) is 0 Å². The van der Waals surface area contributed by atoms with Crippen molar-refractivity contribution in [2.75, 3.05) is 37.6 Å². The van der Waals surface area contributed by atoms with Gasteiger partial charge >= 0.3 is 0 Å². The molecule has 1 atom stereocenters. The van der Waals surface area contributed by atoms with Crippen molar-refractivity contribution in [3.05, 3.63) is 59.4 Å². The summed E-state index contributed by atoms with van der Waals surface area (Å²) in [5.74, 6) is -0.176. The molecule has 1 aromatic carbocycles. The molecule has 2 aliphatic rings. The smallest absolute Gasteiger partial charge is 0.272 e. The van der Waals surface area contributed by atoms with Crippen molar-refractivity contribution in [1.82, 2.24) is 14.8 Å². The van der Waals surface area contributed by atoms with Crippen LogP contribution in [0.2, 0.25) is 0 Å². The Morgan fingerprint density at radius 3 is 2.57 bits per heavy atom. The topological polar surface area (TPSA) is 56.8 Å². The number of piperazine rings is 1. The van der Waals surface area contributed by atoms with Gasteiger partial charge < -0.3 is 14.7 Å². The van der Waals surface area contributed by atoms with E-state index in [0.29, 0.717) is 24.3 Å². The molecule has 6 nitrogen and oxygen atoms in total. The van der Waals surface area contributed by atoms with Gasteiger partial charge in [0.2, 0.25) is 0 Å². The molecule has 0 radical (unpaired) electrons. The second-order valence-electron chi connectivity index (χ2n) is 7.51. The second kappa shape index (κ2) is 7.72. The van der Waals surface area contributed by atoms with Crippen molar-refractivity contribution in [2.24, 2.45) is 0 Å². The first-order chi connectivity index (χ1) is 13.6. The maximum absolute atomic E-state index is 13.2. The number of para-hydroxylation sites is 1. The van der Waals surface area contributed by atoms with Gasteiger partial charge in [0.25, 0.3) is 11.8 Å². The third-order valence-corrected chi connectivity index (χ3v) is 5.76. The van der Waals surface area contributed by atoms with Gasteiger partial charge in [0.1, 0.15) is 5.69 Å². The fourth-order valence-electron chi connectivity index (χ4n) is 4.12. The van der Waals surface area contributed by atoms with E-state index in [1.807, 2.05) is 28.0 Å². The summed E-state index contributed by atoms with van der Waals surface area (Å²) in [4.78, 5) is 36.3. The van der Waals surface area contributed by atoms with Crippen LogP contribution in [0.4, 0.5) is 5.69 Å². The molecular weight excluding hydrogens is 352 g/mol. The summed E-state index contributed by atoms with van der Waals surface area (Å²) in [6.45, 7) is 8.34. The van der Waals surface area contributed by atoms with E-state index in [-0.39, 0.29) is 17.9 Å². The lowest BCUT2D eigenvalue weighted by Crippen LogP contribution is -2.48. The molecule has 0 bridgehead atoms. The fourth-order valence-corrected chi connectivity index (χ4v) is 4.12. The van der Waals surface area contributed by atoms with E-state index in [1.54, 1.807) is 18.3 Å². The predicted octanol–water partition coefficient (Wildman–Crippen LogP) is 2.45. The molecule has 4 rings (SSSR count). The number of hydrogen-bond acceptors (Lipinski definition) is 4. The molecule has 1 aromatic heterocycles. The Kier molecular flexibility index (Phi) is 5.13. The van der Waals surface area contributed by atoms with Crippen molar-refractivity contribution >= 4 is 17.5 Å². The molecular formula is C22H26N4O2. The average Bonchev–Trinajstić information content (AvgIpc) is 3.08. The van der Waals surface area contributed by atoms with Gasteiger partial charge in [0.15, 0.2) is 0 Å². The van der Waals surface area contributed by atoms with Crippen LogP contribution in [0.3, 0.4) is 0 Å². The van der Waals surface area contributed by atoms with Crippen molar-refractivity contribution in [1.29, 1.82) is 0 Å². The Morgan fingerprint density at radius 1 is 1.07 bits per heavy atom. The normalized spacial score (nSPS) is 19.6. The second-order valence-corrected chi connectivity index (χ2v) is 7.51. The Balaban J connectivity index is 1.54. The third-order valence-electron chi connectivity index (χ3n) is 5.76. The van der Waals surface area contributed by atoms with Crippen molar-refractivity contribution in [2.45, 2.75) is 26.3 Å². The maximum atomic E-state index is 13.2. The van der Waals surface area contributed by atoms with Crippen LogP contribution < -0.4 is 4.90 Å². The summed E-state index contributed by atoms with van der Waals surface area (Å²) in [5.41, 5.74) is 2.99. The van der Waals surface area contributed by atoms with Crippen LogP contribution in [0.15, 0.2) is 42.6 Å². The summed E-state index contributed by atoms with van der Waals surface area (Å²) in [5, 5.41) is 0. The third kappa shape index (κ3) is 3.40. The highest BCUT2D eigenvalue weighted by molar-refractivity contribution is 6.08. The van der Waals surface area contributed by atoms with E-state index in [0.717, 1.165) is 31.7 Å². The molecule has 1 unspecified atom stereocenters. The van der Waals surface area contributed by atoms with E-state index in [4.69, 9.17) is 0 Å². The number of amides is 2. The molecule has 146 valence electrons. The predicted molar refractivity (Wildman–Crippen MR) is 109 cm³/mol. The minimum Gasteiger partial charge on any atom is -0.335 e.